The fourth-order valence-corrected chi connectivity index (χ4v) is 1.07. The molecule has 0 aromatic heterocycles. The topological polar surface area (TPSA) is 0 Å². The lowest BCUT2D eigenvalue weighted by atomic mass is 10.3. The molecule has 0 rings (SSSR count). The summed E-state index contributed by atoms with van der Waals surface area (Å²) in [6.07, 6.45) is 0. The van der Waals surface area contributed by atoms with Crippen molar-refractivity contribution in [3.63, 3.8) is 0 Å². The Morgan fingerprint density at radius 1 is 1.38 bits per heavy atom. The van der Waals surface area contributed by atoms with Gasteiger partial charge in [0.25, 0.3) is 0 Å². The van der Waals surface area contributed by atoms with Crippen LogP contribution >= 0.6 is 11.8 Å². The molecule has 0 heterocycles. The SMILES string of the molecule is [CH2]C(C)CSC(C)C. The number of hydrogen-bond donors (Lipinski definition) is 0. The van der Waals surface area contributed by atoms with E-state index >= 15 is 0 Å². The van der Waals surface area contributed by atoms with Crippen molar-refractivity contribution >= 4 is 11.8 Å². The van der Waals surface area contributed by atoms with Crippen molar-refractivity contribution in [3.8, 4) is 0 Å². The second-order valence-electron chi connectivity index (χ2n) is 2.49. The Morgan fingerprint density at radius 3 is 2.00 bits per heavy atom. The standard InChI is InChI=1S/C7H15S/c1-6(2)5-8-7(3)4/h6-7H,1,5H2,2-4H3. The summed E-state index contributed by atoms with van der Waals surface area (Å²) in [6.45, 7) is 10.5. The highest BCUT2D eigenvalue weighted by atomic mass is 32.2. The number of hydrogen-bond acceptors (Lipinski definition) is 1. The summed E-state index contributed by atoms with van der Waals surface area (Å²) in [5.74, 6) is 1.79. The summed E-state index contributed by atoms with van der Waals surface area (Å²) in [5.41, 5.74) is 0. The van der Waals surface area contributed by atoms with Crippen LogP contribution in [0.3, 0.4) is 0 Å². The molecule has 0 aliphatic carbocycles. The molecule has 1 radical (unpaired) electrons. The van der Waals surface area contributed by atoms with E-state index in [0.717, 1.165) is 5.25 Å². The predicted molar refractivity (Wildman–Crippen MR) is 42.1 cm³/mol. The molecule has 1 atom stereocenters. The van der Waals surface area contributed by atoms with E-state index in [1.807, 2.05) is 11.8 Å². The first kappa shape index (κ1) is 8.35. The van der Waals surface area contributed by atoms with Gasteiger partial charge in [-0.3, -0.25) is 0 Å². The van der Waals surface area contributed by atoms with Gasteiger partial charge in [-0.1, -0.05) is 20.8 Å². The van der Waals surface area contributed by atoms with Gasteiger partial charge in [0, 0.05) is 0 Å². The first-order chi connectivity index (χ1) is 3.63. The predicted octanol–water partition coefficient (Wildman–Crippen LogP) is 2.60. The zero-order valence-electron chi connectivity index (χ0n) is 5.98. The molecule has 0 bridgehead atoms. The first-order valence-corrected chi connectivity index (χ1v) is 4.12. The van der Waals surface area contributed by atoms with Gasteiger partial charge in [-0.25, -0.2) is 0 Å². The van der Waals surface area contributed by atoms with Crippen LogP contribution < -0.4 is 0 Å². The highest BCUT2D eigenvalue weighted by Crippen LogP contribution is 2.12. The van der Waals surface area contributed by atoms with Crippen molar-refractivity contribution in [1.29, 1.82) is 0 Å². The van der Waals surface area contributed by atoms with Crippen LogP contribution in [0.1, 0.15) is 20.8 Å². The molecule has 0 saturated carbocycles. The third kappa shape index (κ3) is 6.35. The first-order valence-electron chi connectivity index (χ1n) is 3.07. The summed E-state index contributed by atoms with van der Waals surface area (Å²) in [5, 5.41) is 0.763. The molecular formula is C7H15S. The van der Waals surface area contributed by atoms with Crippen LogP contribution in [0.25, 0.3) is 0 Å². The molecule has 1 unspecified atom stereocenters. The molecule has 0 aliphatic heterocycles. The van der Waals surface area contributed by atoms with Crippen LogP contribution in [0.15, 0.2) is 0 Å². The van der Waals surface area contributed by atoms with Gasteiger partial charge in [-0.05, 0) is 23.8 Å². The molecule has 0 fully saturated rings. The molecule has 0 aromatic carbocycles. The molecule has 0 saturated heterocycles. The van der Waals surface area contributed by atoms with E-state index in [0.29, 0.717) is 5.92 Å². The van der Waals surface area contributed by atoms with Gasteiger partial charge in [0.2, 0.25) is 0 Å². The molecule has 1 heteroatoms. The number of rotatable bonds is 3. The Hall–Kier alpha value is 0.350. The van der Waals surface area contributed by atoms with E-state index in [-0.39, 0.29) is 0 Å². The van der Waals surface area contributed by atoms with Gasteiger partial charge in [0.1, 0.15) is 0 Å². The summed E-state index contributed by atoms with van der Waals surface area (Å²) in [6, 6.07) is 0. The highest BCUT2D eigenvalue weighted by Gasteiger charge is 1.95. The maximum absolute atomic E-state index is 3.89. The van der Waals surface area contributed by atoms with Crippen molar-refractivity contribution in [1.82, 2.24) is 0 Å². The minimum absolute atomic E-state index is 0.599. The molecule has 0 aromatic rings. The second-order valence-corrected chi connectivity index (χ2v) is 4.10. The van der Waals surface area contributed by atoms with Crippen molar-refractivity contribution in [2.24, 2.45) is 5.92 Å². The van der Waals surface area contributed by atoms with E-state index in [2.05, 4.69) is 27.7 Å². The molecule has 49 valence electrons. The molecule has 0 N–H and O–H groups in total. The van der Waals surface area contributed by atoms with E-state index in [1.165, 1.54) is 5.75 Å². The minimum atomic E-state index is 0.599. The van der Waals surface area contributed by atoms with Crippen molar-refractivity contribution in [2.45, 2.75) is 26.0 Å². The Kier molecular flexibility index (Phi) is 4.44. The summed E-state index contributed by atoms with van der Waals surface area (Å²) in [4.78, 5) is 0. The Balaban J connectivity index is 2.93. The van der Waals surface area contributed by atoms with Gasteiger partial charge in [-0.15, -0.1) is 0 Å². The van der Waals surface area contributed by atoms with Crippen LogP contribution in [0.2, 0.25) is 0 Å². The third-order valence-electron chi connectivity index (χ3n) is 0.714. The third-order valence-corrected chi connectivity index (χ3v) is 2.14. The van der Waals surface area contributed by atoms with Crippen LogP contribution in [0.5, 0.6) is 0 Å². The fourth-order valence-electron chi connectivity index (χ4n) is 0.357. The van der Waals surface area contributed by atoms with Crippen LogP contribution in [-0.2, 0) is 0 Å². The van der Waals surface area contributed by atoms with Gasteiger partial charge in [0.05, 0.1) is 0 Å². The van der Waals surface area contributed by atoms with Crippen molar-refractivity contribution in [3.05, 3.63) is 6.92 Å². The monoisotopic (exact) mass is 131 g/mol. The maximum Gasteiger partial charge on any atom is -0.000958 e. The average Bonchev–Trinajstić information content (AvgIpc) is 1.61. The molecule has 8 heavy (non-hydrogen) atoms. The Labute approximate surface area is 57.1 Å². The average molecular weight is 131 g/mol. The number of thioether (sulfide) groups is 1. The smallest absolute Gasteiger partial charge is 0.000958 e. The van der Waals surface area contributed by atoms with E-state index in [1.54, 1.807) is 0 Å². The summed E-state index contributed by atoms with van der Waals surface area (Å²) in [7, 11) is 0. The normalized spacial score (nSPS) is 11.2. The lowest BCUT2D eigenvalue weighted by molar-refractivity contribution is 0.839. The quantitative estimate of drug-likeness (QED) is 0.567. The van der Waals surface area contributed by atoms with Crippen LogP contribution in [0, 0.1) is 12.8 Å². The van der Waals surface area contributed by atoms with Crippen LogP contribution in [0.4, 0.5) is 0 Å². The Morgan fingerprint density at radius 2 is 1.88 bits per heavy atom. The van der Waals surface area contributed by atoms with Crippen LogP contribution in [-0.4, -0.2) is 11.0 Å². The van der Waals surface area contributed by atoms with Gasteiger partial charge in [0.15, 0.2) is 0 Å². The molecule has 0 nitrogen and oxygen atoms in total. The molecule has 0 aliphatic rings. The van der Waals surface area contributed by atoms with Crippen molar-refractivity contribution in [2.75, 3.05) is 5.75 Å². The van der Waals surface area contributed by atoms with Gasteiger partial charge < -0.3 is 0 Å². The molecule has 0 spiro atoms. The maximum atomic E-state index is 3.89. The highest BCUT2D eigenvalue weighted by molar-refractivity contribution is 7.99. The fraction of sp³-hybridized carbons (Fsp3) is 0.857. The van der Waals surface area contributed by atoms with E-state index in [4.69, 9.17) is 0 Å². The zero-order chi connectivity index (χ0) is 6.57. The van der Waals surface area contributed by atoms with Crippen molar-refractivity contribution < 1.29 is 0 Å². The summed E-state index contributed by atoms with van der Waals surface area (Å²) >= 11 is 1.98. The summed E-state index contributed by atoms with van der Waals surface area (Å²) < 4.78 is 0. The van der Waals surface area contributed by atoms with E-state index < -0.39 is 0 Å². The largest absolute Gasteiger partial charge is 0.159 e. The molecular weight excluding hydrogens is 116 g/mol. The van der Waals surface area contributed by atoms with Gasteiger partial charge in [-0.2, -0.15) is 11.8 Å². The lowest BCUT2D eigenvalue weighted by Gasteiger charge is -2.05. The lowest BCUT2D eigenvalue weighted by Crippen LogP contribution is -1.95. The van der Waals surface area contributed by atoms with Gasteiger partial charge >= 0.3 is 0 Å². The minimum Gasteiger partial charge on any atom is -0.159 e. The zero-order valence-corrected chi connectivity index (χ0v) is 6.79. The Bertz CT molecular complexity index is 40.3. The second kappa shape index (κ2) is 4.25. The molecule has 0 amide bonds. The van der Waals surface area contributed by atoms with E-state index in [9.17, 15) is 0 Å².